The maximum atomic E-state index is 10.5. The molecule has 2 N–H and O–H groups in total. The Hall–Kier alpha value is -0.610. The van der Waals surface area contributed by atoms with Gasteiger partial charge >= 0.3 is 0 Å². The van der Waals surface area contributed by atoms with Crippen molar-refractivity contribution in [1.82, 2.24) is 0 Å². The Morgan fingerprint density at radius 3 is 2.64 bits per heavy atom. The maximum Gasteiger partial charge on any atom is 0.247 e. The van der Waals surface area contributed by atoms with E-state index in [2.05, 4.69) is 12.6 Å². The lowest BCUT2D eigenvalue weighted by atomic mass is 10.3. The fourth-order valence-corrected chi connectivity index (χ4v) is 1.48. The lowest BCUT2D eigenvalue weighted by molar-refractivity contribution is 0.277. The first-order chi connectivity index (χ1) is 5.20. The van der Waals surface area contributed by atoms with Gasteiger partial charge in [-0.2, -0.15) is 0 Å². The highest BCUT2D eigenvalue weighted by molar-refractivity contribution is 8.32. The molecule has 4 heteroatoms. The van der Waals surface area contributed by atoms with E-state index < -0.39 is 0 Å². The van der Waals surface area contributed by atoms with Crippen molar-refractivity contribution in [3.63, 3.8) is 0 Å². The number of carbonyl (C=O) groups excluding carboxylic acids is 1. The third-order valence-electron chi connectivity index (χ3n) is 1.12. The molecule has 1 aromatic rings. The topological polar surface area (TPSA) is 43.1 Å². The Morgan fingerprint density at radius 1 is 1.45 bits per heavy atom. The third-order valence-corrected chi connectivity index (χ3v) is 2.16. The summed E-state index contributed by atoms with van der Waals surface area (Å²) in [7, 11) is 0. The molecule has 0 unspecified atom stereocenters. The van der Waals surface area contributed by atoms with Crippen LogP contribution in [0.1, 0.15) is 0 Å². The van der Waals surface area contributed by atoms with Gasteiger partial charge in [-0.25, -0.2) is 0 Å². The number of anilines is 1. The molecule has 1 rings (SSSR count). The van der Waals surface area contributed by atoms with Gasteiger partial charge in [0.1, 0.15) is 0 Å². The fraction of sp³-hybridized carbons (Fsp3) is 0. The number of hydrogen-bond donors (Lipinski definition) is 2. The molecule has 0 saturated heterocycles. The minimum atomic E-state index is -0.247. The molecular formula is C7H7NOS2. The van der Waals surface area contributed by atoms with Crippen molar-refractivity contribution in [3.05, 3.63) is 24.3 Å². The Morgan fingerprint density at radius 2 is 2.09 bits per heavy atom. The smallest absolute Gasteiger partial charge is 0.247 e. The van der Waals surface area contributed by atoms with Crippen LogP contribution in [0.4, 0.5) is 10.5 Å². The quantitative estimate of drug-likeness (QED) is 0.401. The number of nitrogen functional groups attached to an aromatic ring is 1. The number of thioether (sulfide) groups is 1. The van der Waals surface area contributed by atoms with Crippen molar-refractivity contribution < 1.29 is 4.79 Å². The zero-order chi connectivity index (χ0) is 8.27. The van der Waals surface area contributed by atoms with Gasteiger partial charge in [0.2, 0.25) is 4.45 Å². The Labute approximate surface area is 74.6 Å². The first-order valence-corrected chi connectivity index (χ1v) is 4.22. The summed E-state index contributed by atoms with van der Waals surface area (Å²) in [5.74, 6) is 0. The van der Waals surface area contributed by atoms with E-state index in [1.807, 2.05) is 12.1 Å². The van der Waals surface area contributed by atoms with E-state index in [9.17, 15) is 4.79 Å². The highest BCUT2D eigenvalue weighted by Gasteiger charge is 2.01. The predicted octanol–water partition coefficient (Wildman–Crippen LogP) is 2.41. The van der Waals surface area contributed by atoms with Crippen LogP contribution in [0.25, 0.3) is 0 Å². The first-order valence-electron chi connectivity index (χ1n) is 2.95. The van der Waals surface area contributed by atoms with Crippen LogP contribution in [0, 0.1) is 0 Å². The molecule has 0 aliphatic carbocycles. The largest absolute Gasteiger partial charge is 0.398 e. The maximum absolute atomic E-state index is 10.5. The van der Waals surface area contributed by atoms with E-state index in [-0.39, 0.29) is 4.45 Å². The SMILES string of the molecule is Nc1ccccc1SC(=O)S. The van der Waals surface area contributed by atoms with Gasteiger partial charge < -0.3 is 5.73 Å². The van der Waals surface area contributed by atoms with Crippen molar-refractivity contribution in [1.29, 1.82) is 0 Å². The molecule has 0 amide bonds. The summed E-state index contributed by atoms with van der Waals surface area (Å²) in [5.41, 5.74) is 6.17. The number of hydrogen-bond acceptors (Lipinski definition) is 3. The number of para-hydroxylation sites is 1. The molecule has 2 nitrogen and oxygen atoms in total. The summed E-state index contributed by atoms with van der Waals surface area (Å²) < 4.78 is -0.247. The summed E-state index contributed by atoms with van der Waals surface area (Å²) >= 11 is 4.65. The van der Waals surface area contributed by atoms with Crippen LogP contribution >= 0.6 is 24.4 Å². The van der Waals surface area contributed by atoms with E-state index in [0.717, 1.165) is 16.7 Å². The van der Waals surface area contributed by atoms with Gasteiger partial charge in [-0.05, 0) is 23.9 Å². The average Bonchev–Trinajstić information content (AvgIpc) is 1.93. The number of carbonyl (C=O) groups is 1. The van der Waals surface area contributed by atoms with Crippen LogP contribution < -0.4 is 5.73 Å². The van der Waals surface area contributed by atoms with Gasteiger partial charge in [0, 0.05) is 10.6 Å². The minimum Gasteiger partial charge on any atom is -0.398 e. The molecule has 0 saturated carbocycles. The molecule has 0 radical (unpaired) electrons. The molecule has 1 aromatic carbocycles. The summed E-state index contributed by atoms with van der Waals surface area (Å²) in [6, 6.07) is 7.19. The Bertz CT molecular complexity index is 275. The van der Waals surface area contributed by atoms with Gasteiger partial charge in [-0.3, -0.25) is 4.79 Å². The summed E-state index contributed by atoms with van der Waals surface area (Å²) in [6.45, 7) is 0. The normalized spacial score (nSPS) is 9.55. The highest BCUT2D eigenvalue weighted by atomic mass is 32.2. The molecule has 0 spiro atoms. The van der Waals surface area contributed by atoms with E-state index in [4.69, 9.17) is 5.73 Å². The zero-order valence-electron chi connectivity index (χ0n) is 5.65. The lowest BCUT2D eigenvalue weighted by Gasteiger charge is -1.99. The third kappa shape index (κ3) is 2.48. The molecule has 0 heterocycles. The van der Waals surface area contributed by atoms with E-state index in [1.165, 1.54) is 0 Å². The highest BCUT2D eigenvalue weighted by Crippen LogP contribution is 2.26. The van der Waals surface area contributed by atoms with E-state index in [1.54, 1.807) is 12.1 Å². The van der Waals surface area contributed by atoms with Gasteiger partial charge in [0.15, 0.2) is 0 Å². The van der Waals surface area contributed by atoms with Crippen LogP contribution in [0.3, 0.4) is 0 Å². The zero-order valence-corrected chi connectivity index (χ0v) is 7.36. The van der Waals surface area contributed by atoms with Crippen LogP contribution in [0.15, 0.2) is 29.2 Å². The van der Waals surface area contributed by atoms with Gasteiger partial charge in [0.05, 0.1) is 0 Å². The van der Waals surface area contributed by atoms with Gasteiger partial charge in [0.25, 0.3) is 0 Å². The molecule has 0 atom stereocenters. The minimum absolute atomic E-state index is 0.247. The molecule has 11 heavy (non-hydrogen) atoms. The van der Waals surface area contributed by atoms with Crippen LogP contribution in [0.5, 0.6) is 0 Å². The monoisotopic (exact) mass is 185 g/mol. The lowest BCUT2D eigenvalue weighted by Crippen LogP contribution is -1.87. The van der Waals surface area contributed by atoms with Crippen molar-refractivity contribution in [2.45, 2.75) is 4.90 Å². The first kappa shape index (κ1) is 8.49. The summed E-state index contributed by atoms with van der Waals surface area (Å²) in [6.07, 6.45) is 0. The van der Waals surface area contributed by atoms with Crippen LogP contribution in [0.2, 0.25) is 0 Å². The molecule has 58 valence electrons. The number of thiol groups is 1. The Kier molecular flexibility index (Phi) is 2.84. The molecule has 0 aliphatic heterocycles. The molecule has 0 fully saturated rings. The van der Waals surface area contributed by atoms with Crippen molar-refractivity contribution >= 4 is 34.5 Å². The van der Waals surface area contributed by atoms with Gasteiger partial charge in [-0.1, -0.05) is 24.8 Å². The van der Waals surface area contributed by atoms with Crippen molar-refractivity contribution in [3.8, 4) is 0 Å². The summed E-state index contributed by atoms with van der Waals surface area (Å²) in [5, 5.41) is 0. The van der Waals surface area contributed by atoms with Gasteiger partial charge in [-0.15, -0.1) is 0 Å². The molecular weight excluding hydrogens is 178 g/mol. The molecule has 0 bridgehead atoms. The second kappa shape index (κ2) is 3.69. The average molecular weight is 185 g/mol. The molecule has 0 aromatic heterocycles. The fourth-order valence-electron chi connectivity index (χ4n) is 0.668. The summed E-state index contributed by atoms with van der Waals surface area (Å²) in [4.78, 5) is 11.3. The number of rotatable bonds is 1. The molecule has 0 aliphatic rings. The van der Waals surface area contributed by atoms with Crippen molar-refractivity contribution in [2.24, 2.45) is 0 Å². The predicted molar refractivity (Wildman–Crippen MR) is 51.1 cm³/mol. The number of benzene rings is 1. The van der Waals surface area contributed by atoms with Crippen molar-refractivity contribution in [2.75, 3.05) is 5.73 Å². The number of nitrogens with two attached hydrogens (primary N) is 1. The second-order valence-corrected chi connectivity index (χ2v) is 3.63. The second-order valence-electron chi connectivity index (χ2n) is 1.91. The van der Waals surface area contributed by atoms with E-state index in [0.29, 0.717) is 5.69 Å². The van der Waals surface area contributed by atoms with Crippen LogP contribution in [-0.4, -0.2) is 4.45 Å². The Balaban J connectivity index is 2.86. The van der Waals surface area contributed by atoms with Crippen LogP contribution in [-0.2, 0) is 0 Å². The standard InChI is InChI=1S/C7H7NOS2/c8-5-3-1-2-4-6(5)11-7(9)10/h1-4H,8H2,(H,9,10). The van der Waals surface area contributed by atoms with E-state index >= 15 is 0 Å².